The summed E-state index contributed by atoms with van der Waals surface area (Å²) in [7, 11) is 0. The Bertz CT molecular complexity index is 619. The standard InChI is InChI=1S/C17H25N5O/c1-15-16(19-14-18-15)17(23)22-11-5-10-21(12-13-22)9-4-8-20-6-2-3-7-20/h2-3,6-7,14H,4-5,8-13H2,1H3,(H,18,19). The zero-order chi connectivity index (χ0) is 16.1. The molecule has 0 aromatic carbocycles. The molecule has 0 radical (unpaired) electrons. The minimum Gasteiger partial charge on any atom is -0.354 e. The molecule has 124 valence electrons. The topological polar surface area (TPSA) is 57.2 Å². The molecule has 1 aliphatic heterocycles. The smallest absolute Gasteiger partial charge is 0.274 e. The Kier molecular flexibility index (Phi) is 5.12. The zero-order valence-corrected chi connectivity index (χ0v) is 13.7. The van der Waals surface area contributed by atoms with Crippen molar-refractivity contribution < 1.29 is 4.79 Å². The molecular formula is C17H25N5O. The van der Waals surface area contributed by atoms with Gasteiger partial charge < -0.3 is 19.4 Å². The van der Waals surface area contributed by atoms with Crippen LogP contribution < -0.4 is 0 Å². The highest BCUT2D eigenvalue weighted by Crippen LogP contribution is 2.10. The maximum absolute atomic E-state index is 12.5. The number of nitrogens with zero attached hydrogens (tertiary/aromatic N) is 4. The number of hydrogen-bond donors (Lipinski definition) is 1. The highest BCUT2D eigenvalue weighted by molar-refractivity contribution is 5.93. The average molecular weight is 315 g/mol. The summed E-state index contributed by atoms with van der Waals surface area (Å²) in [5.74, 6) is 0.0536. The number of rotatable bonds is 5. The summed E-state index contributed by atoms with van der Waals surface area (Å²) < 4.78 is 2.22. The van der Waals surface area contributed by atoms with E-state index in [0.717, 1.165) is 57.8 Å². The molecule has 0 unspecified atom stereocenters. The predicted octanol–water partition coefficient (Wildman–Crippen LogP) is 1.76. The van der Waals surface area contributed by atoms with Crippen molar-refractivity contribution in [3.8, 4) is 0 Å². The molecule has 0 spiro atoms. The average Bonchev–Trinajstić information content (AvgIpc) is 3.15. The minimum absolute atomic E-state index is 0.0536. The first-order valence-electron chi connectivity index (χ1n) is 8.36. The molecule has 23 heavy (non-hydrogen) atoms. The number of H-pyrrole nitrogens is 1. The Labute approximate surface area is 137 Å². The van der Waals surface area contributed by atoms with Crippen LogP contribution in [0.2, 0.25) is 0 Å². The maximum atomic E-state index is 12.5. The largest absolute Gasteiger partial charge is 0.354 e. The van der Waals surface area contributed by atoms with Crippen molar-refractivity contribution >= 4 is 5.91 Å². The van der Waals surface area contributed by atoms with E-state index < -0.39 is 0 Å². The van der Waals surface area contributed by atoms with Gasteiger partial charge in [-0.25, -0.2) is 4.98 Å². The Morgan fingerprint density at radius 1 is 1.17 bits per heavy atom. The fourth-order valence-corrected chi connectivity index (χ4v) is 3.12. The van der Waals surface area contributed by atoms with Crippen LogP contribution in [0.25, 0.3) is 0 Å². The molecule has 1 aliphatic rings. The summed E-state index contributed by atoms with van der Waals surface area (Å²) in [6.45, 7) is 7.65. The molecule has 3 rings (SSSR count). The molecule has 6 heteroatoms. The summed E-state index contributed by atoms with van der Waals surface area (Å²) >= 11 is 0. The van der Waals surface area contributed by atoms with Crippen LogP contribution in [-0.4, -0.2) is 63.0 Å². The van der Waals surface area contributed by atoms with Gasteiger partial charge in [0.25, 0.3) is 5.91 Å². The van der Waals surface area contributed by atoms with E-state index in [1.165, 1.54) is 0 Å². The molecule has 2 aromatic heterocycles. The number of imidazole rings is 1. The highest BCUT2D eigenvalue weighted by atomic mass is 16.2. The molecular weight excluding hydrogens is 290 g/mol. The van der Waals surface area contributed by atoms with Crippen molar-refractivity contribution in [2.75, 3.05) is 32.7 Å². The second kappa shape index (κ2) is 7.46. The first-order valence-corrected chi connectivity index (χ1v) is 8.36. The molecule has 0 aliphatic carbocycles. The third-order valence-electron chi connectivity index (χ3n) is 4.47. The van der Waals surface area contributed by atoms with Crippen LogP contribution in [0.15, 0.2) is 30.9 Å². The minimum atomic E-state index is 0.0536. The van der Waals surface area contributed by atoms with Crippen LogP contribution in [0.5, 0.6) is 0 Å². The fraction of sp³-hybridized carbons (Fsp3) is 0.529. The Balaban J connectivity index is 1.47. The highest BCUT2D eigenvalue weighted by Gasteiger charge is 2.22. The van der Waals surface area contributed by atoms with E-state index in [-0.39, 0.29) is 5.91 Å². The van der Waals surface area contributed by atoms with Crippen LogP contribution in [0, 0.1) is 6.92 Å². The van der Waals surface area contributed by atoms with Gasteiger partial charge in [0.05, 0.1) is 6.33 Å². The van der Waals surface area contributed by atoms with Gasteiger partial charge in [0, 0.05) is 44.3 Å². The van der Waals surface area contributed by atoms with Crippen molar-refractivity contribution in [3.63, 3.8) is 0 Å². The van der Waals surface area contributed by atoms with Gasteiger partial charge in [0.1, 0.15) is 5.69 Å². The Morgan fingerprint density at radius 3 is 2.74 bits per heavy atom. The number of hydrogen-bond acceptors (Lipinski definition) is 3. The van der Waals surface area contributed by atoms with Crippen LogP contribution in [0.3, 0.4) is 0 Å². The van der Waals surface area contributed by atoms with Crippen molar-refractivity contribution in [2.45, 2.75) is 26.3 Å². The van der Waals surface area contributed by atoms with Crippen LogP contribution in [-0.2, 0) is 6.54 Å². The molecule has 0 atom stereocenters. The summed E-state index contributed by atoms with van der Waals surface area (Å²) in [6, 6.07) is 4.12. The van der Waals surface area contributed by atoms with Gasteiger partial charge in [-0.15, -0.1) is 0 Å². The van der Waals surface area contributed by atoms with Crippen molar-refractivity contribution in [2.24, 2.45) is 0 Å². The summed E-state index contributed by atoms with van der Waals surface area (Å²) in [6.07, 6.45) is 7.97. The van der Waals surface area contributed by atoms with E-state index in [0.29, 0.717) is 5.69 Å². The lowest BCUT2D eigenvalue weighted by atomic mass is 10.3. The molecule has 3 heterocycles. The third-order valence-corrected chi connectivity index (χ3v) is 4.47. The van der Waals surface area contributed by atoms with E-state index in [1.807, 2.05) is 11.8 Å². The lowest BCUT2D eigenvalue weighted by Gasteiger charge is -2.21. The van der Waals surface area contributed by atoms with E-state index in [9.17, 15) is 4.79 Å². The summed E-state index contributed by atoms with van der Waals surface area (Å²) in [4.78, 5) is 24.1. The van der Waals surface area contributed by atoms with Crippen molar-refractivity contribution in [1.29, 1.82) is 0 Å². The molecule has 1 saturated heterocycles. The monoisotopic (exact) mass is 315 g/mol. The van der Waals surface area contributed by atoms with E-state index in [4.69, 9.17) is 0 Å². The second-order valence-corrected chi connectivity index (χ2v) is 6.14. The number of aromatic nitrogens is 3. The summed E-state index contributed by atoms with van der Waals surface area (Å²) in [5, 5.41) is 0. The lowest BCUT2D eigenvalue weighted by Crippen LogP contribution is -2.36. The van der Waals surface area contributed by atoms with E-state index >= 15 is 0 Å². The number of carbonyl (C=O) groups excluding carboxylic acids is 1. The first kappa shape index (κ1) is 15.8. The SMILES string of the molecule is Cc1[nH]cnc1C(=O)N1CCCN(CCCn2cccc2)CC1. The summed E-state index contributed by atoms with van der Waals surface area (Å²) in [5.41, 5.74) is 1.41. The van der Waals surface area contributed by atoms with Gasteiger partial charge in [0.2, 0.25) is 0 Å². The Hall–Kier alpha value is -2.08. The van der Waals surface area contributed by atoms with Gasteiger partial charge in [-0.1, -0.05) is 0 Å². The maximum Gasteiger partial charge on any atom is 0.274 e. The molecule has 1 N–H and O–H groups in total. The fourth-order valence-electron chi connectivity index (χ4n) is 3.12. The number of carbonyl (C=O) groups is 1. The number of amides is 1. The molecule has 1 fully saturated rings. The van der Waals surface area contributed by atoms with E-state index in [2.05, 4.69) is 44.0 Å². The van der Waals surface area contributed by atoms with Gasteiger partial charge in [-0.2, -0.15) is 0 Å². The van der Waals surface area contributed by atoms with Crippen molar-refractivity contribution in [3.05, 3.63) is 42.2 Å². The molecule has 1 amide bonds. The first-order chi connectivity index (χ1) is 11.2. The predicted molar refractivity (Wildman–Crippen MR) is 89.3 cm³/mol. The van der Waals surface area contributed by atoms with Crippen LogP contribution >= 0.6 is 0 Å². The lowest BCUT2D eigenvalue weighted by molar-refractivity contribution is 0.0755. The van der Waals surface area contributed by atoms with Gasteiger partial charge >= 0.3 is 0 Å². The van der Waals surface area contributed by atoms with Gasteiger partial charge in [-0.3, -0.25) is 4.79 Å². The third kappa shape index (κ3) is 4.01. The zero-order valence-electron chi connectivity index (χ0n) is 13.7. The van der Waals surface area contributed by atoms with E-state index in [1.54, 1.807) is 6.33 Å². The van der Waals surface area contributed by atoms with Gasteiger partial charge in [-0.05, 0) is 45.0 Å². The normalized spacial score (nSPS) is 16.5. The van der Waals surface area contributed by atoms with Crippen LogP contribution in [0.4, 0.5) is 0 Å². The Morgan fingerprint density at radius 2 is 2.00 bits per heavy atom. The quantitative estimate of drug-likeness (QED) is 0.914. The molecule has 0 saturated carbocycles. The number of aromatic amines is 1. The van der Waals surface area contributed by atoms with Crippen molar-refractivity contribution in [1.82, 2.24) is 24.3 Å². The molecule has 6 nitrogen and oxygen atoms in total. The number of nitrogens with one attached hydrogen (secondary N) is 1. The molecule has 2 aromatic rings. The van der Waals surface area contributed by atoms with Gasteiger partial charge in [0.15, 0.2) is 0 Å². The van der Waals surface area contributed by atoms with Crippen LogP contribution in [0.1, 0.15) is 29.0 Å². The number of aryl methyl sites for hydroxylation is 2. The molecule has 0 bridgehead atoms. The second-order valence-electron chi connectivity index (χ2n) is 6.14.